The number of aliphatic imine (C=N–C) groups is 1. The van der Waals surface area contributed by atoms with Crippen LogP contribution < -0.4 is 10.6 Å². The first-order valence-electron chi connectivity index (χ1n) is 14.2. The van der Waals surface area contributed by atoms with Crippen molar-refractivity contribution in [2.24, 2.45) is 4.99 Å². The van der Waals surface area contributed by atoms with Crippen LogP contribution in [0, 0.1) is 0 Å². The zero-order chi connectivity index (χ0) is 27.9. The Morgan fingerprint density at radius 1 is 0.595 bits per heavy atom. The third kappa shape index (κ3) is 4.30. The maximum Gasteiger partial charge on any atom is 0.136 e. The van der Waals surface area contributed by atoms with E-state index in [0.29, 0.717) is 0 Å². The van der Waals surface area contributed by atoms with E-state index in [9.17, 15) is 0 Å². The van der Waals surface area contributed by atoms with E-state index >= 15 is 0 Å². The van der Waals surface area contributed by atoms with Gasteiger partial charge in [0.15, 0.2) is 0 Å². The summed E-state index contributed by atoms with van der Waals surface area (Å²) in [5.41, 5.74) is 10.4. The van der Waals surface area contributed by atoms with Gasteiger partial charge in [0, 0.05) is 38.8 Å². The normalized spacial score (nSPS) is 14.3. The van der Waals surface area contributed by atoms with Gasteiger partial charge in [0.25, 0.3) is 0 Å². The molecule has 0 bridgehead atoms. The Morgan fingerprint density at radius 2 is 1.31 bits per heavy atom. The van der Waals surface area contributed by atoms with Gasteiger partial charge in [0.2, 0.25) is 0 Å². The summed E-state index contributed by atoms with van der Waals surface area (Å²) in [5, 5.41) is 9.60. The topological polar surface area (TPSA) is 49.6 Å². The van der Waals surface area contributed by atoms with Crippen LogP contribution in [-0.4, -0.2) is 5.84 Å². The number of anilines is 2. The zero-order valence-corrected chi connectivity index (χ0v) is 22.8. The summed E-state index contributed by atoms with van der Waals surface area (Å²) in [7, 11) is 0. The summed E-state index contributed by atoms with van der Waals surface area (Å²) in [6.45, 7) is 0. The molecule has 7 aromatic rings. The molecule has 4 nitrogen and oxygen atoms in total. The molecule has 4 heteroatoms. The summed E-state index contributed by atoms with van der Waals surface area (Å²) < 4.78 is 6.22. The van der Waals surface area contributed by atoms with Crippen LogP contribution >= 0.6 is 0 Å². The SMILES string of the molecule is c1ccc(-c2cc3oc4ccccc4c3cc2Nc2ccc(C3=Nc4ccccc4C(c4ccccc4)N3)cc2)cc1. The summed E-state index contributed by atoms with van der Waals surface area (Å²) in [4.78, 5) is 4.99. The minimum atomic E-state index is 0.0395. The Morgan fingerprint density at radius 3 is 2.14 bits per heavy atom. The van der Waals surface area contributed by atoms with Crippen molar-refractivity contribution in [3.05, 3.63) is 162 Å². The van der Waals surface area contributed by atoms with Gasteiger partial charge in [-0.25, -0.2) is 4.99 Å². The molecule has 1 aromatic heterocycles. The summed E-state index contributed by atoms with van der Waals surface area (Å²) in [5.74, 6) is 0.866. The highest BCUT2D eigenvalue weighted by molar-refractivity contribution is 6.08. The van der Waals surface area contributed by atoms with E-state index < -0.39 is 0 Å². The number of hydrogen-bond acceptors (Lipinski definition) is 4. The third-order valence-corrected chi connectivity index (χ3v) is 7.93. The average molecular weight is 542 g/mol. The standard InChI is InChI=1S/C38H27N3O/c1-3-11-25(12-4-1)31-24-36-32(29-15-8-10-18-35(29)42-36)23-34(31)39-28-21-19-27(20-22-28)38-40-33-17-9-7-16-30(33)37(41-38)26-13-5-2-6-14-26/h1-24,37,39H,(H,40,41). The van der Waals surface area contributed by atoms with Gasteiger partial charge < -0.3 is 15.1 Å². The molecule has 42 heavy (non-hydrogen) atoms. The van der Waals surface area contributed by atoms with Gasteiger partial charge in [-0.1, -0.05) is 97.1 Å². The van der Waals surface area contributed by atoms with Gasteiger partial charge >= 0.3 is 0 Å². The van der Waals surface area contributed by atoms with E-state index in [0.717, 1.165) is 61.5 Å². The van der Waals surface area contributed by atoms with Crippen molar-refractivity contribution in [2.75, 3.05) is 5.32 Å². The predicted molar refractivity (Wildman–Crippen MR) is 173 cm³/mol. The maximum atomic E-state index is 6.22. The molecule has 200 valence electrons. The highest BCUT2D eigenvalue weighted by Gasteiger charge is 2.24. The molecule has 0 saturated carbocycles. The van der Waals surface area contributed by atoms with E-state index in [2.05, 4.69) is 132 Å². The van der Waals surface area contributed by atoms with Gasteiger partial charge in [0.1, 0.15) is 17.0 Å². The lowest BCUT2D eigenvalue weighted by Crippen LogP contribution is -2.32. The van der Waals surface area contributed by atoms with E-state index in [-0.39, 0.29) is 6.04 Å². The fourth-order valence-corrected chi connectivity index (χ4v) is 5.86. The molecule has 1 unspecified atom stereocenters. The Kier molecular flexibility index (Phi) is 5.82. The highest BCUT2D eigenvalue weighted by atomic mass is 16.3. The minimum absolute atomic E-state index is 0.0395. The number of para-hydroxylation sites is 2. The monoisotopic (exact) mass is 541 g/mol. The molecule has 0 spiro atoms. The van der Waals surface area contributed by atoms with Crippen LogP contribution in [0.15, 0.2) is 155 Å². The molecule has 2 heterocycles. The molecular weight excluding hydrogens is 514 g/mol. The highest BCUT2D eigenvalue weighted by Crippen LogP contribution is 2.39. The molecule has 2 N–H and O–H groups in total. The number of rotatable bonds is 5. The van der Waals surface area contributed by atoms with Crippen LogP contribution in [0.5, 0.6) is 0 Å². The first-order chi connectivity index (χ1) is 20.8. The van der Waals surface area contributed by atoms with Crippen LogP contribution in [0.1, 0.15) is 22.7 Å². The molecule has 6 aromatic carbocycles. The van der Waals surface area contributed by atoms with Gasteiger partial charge in [-0.3, -0.25) is 0 Å². The molecule has 0 radical (unpaired) electrons. The molecule has 1 atom stereocenters. The lowest BCUT2D eigenvalue weighted by molar-refractivity contribution is 0.669. The molecule has 0 saturated heterocycles. The second kappa shape index (κ2) is 10.1. The Bertz CT molecular complexity index is 2080. The first-order valence-corrected chi connectivity index (χ1v) is 14.2. The smallest absolute Gasteiger partial charge is 0.136 e. The lowest BCUT2D eigenvalue weighted by atomic mass is 9.95. The van der Waals surface area contributed by atoms with Crippen molar-refractivity contribution in [2.45, 2.75) is 6.04 Å². The van der Waals surface area contributed by atoms with E-state index in [1.165, 1.54) is 11.1 Å². The maximum absolute atomic E-state index is 6.22. The van der Waals surface area contributed by atoms with E-state index in [1.54, 1.807) is 0 Å². The van der Waals surface area contributed by atoms with Crippen LogP contribution in [0.3, 0.4) is 0 Å². The number of benzene rings is 6. The minimum Gasteiger partial charge on any atom is -0.456 e. The first kappa shape index (κ1) is 24.2. The second-order valence-corrected chi connectivity index (χ2v) is 10.6. The number of amidine groups is 1. The number of fused-ring (bicyclic) bond motifs is 4. The lowest BCUT2D eigenvalue weighted by Gasteiger charge is -2.27. The molecule has 1 aliphatic rings. The van der Waals surface area contributed by atoms with Crippen molar-refractivity contribution < 1.29 is 4.42 Å². The van der Waals surface area contributed by atoms with Crippen molar-refractivity contribution in [1.29, 1.82) is 0 Å². The van der Waals surface area contributed by atoms with E-state index in [1.807, 2.05) is 24.3 Å². The zero-order valence-electron chi connectivity index (χ0n) is 22.8. The average Bonchev–Trinajstić information content (AvgIpc) is 3.42. The number of furan rings is 1. The molecule has 0 aliphatic carbocycles. The largest absolute Gasteiger partial charge is 0.456 e. The third-order valence-electron chi connectivity index (χ3n) is 7.93. The van der Waals surface area contributed by atoms with Crippen LogP contribution in [0.4, 0.5) is 17.1 Å². The Hall–Kier alpha value is -5.61. The summed E-state index contributed by atoms with van der Waals surface area (Å²) >= 11 is 0. The van der Waals surface area contributed by atoms with Gasteiger partial charge in [0.05, 0.1) is 11.7 Å². The van der Waals surface area contributed by atoms with Gasteiger partial charge in [-0.15, -0.1) is 0 Å². The number of hydrogen-bond donors (Lipinski definition) is 2. The summed E-state index contributed by atoms with van der Waals surface area (Å²) in [6, 6.07) is 50.4. The summed E-state index contributed by atoms with van der Waals surface area (Å²) in [6.07, 6.45) is 0. The predicted octanol–water partition coefficient (Wildman–Crippen LogP) is 9.77. The quantitative estimate of drug-likeness (QED) is 0.228. The van der Waals surface area contributed by atoms with Gasteiger partial charge in [-0.05, 0) is 59.7 Å². The van der Waals surface area contributed by atoms with Gasteiger partial charge in [-0.2, -0.15) is 0 Å². The molecule has 8 rings (SSSR count). The molecule has 0 fully saturated rings. The number of nitrogens with zero attached hydrogens (tertiary/aromatic N) is 1. The second-order valence-electron chi connectivity index (χ2n) is 10.6. The Labute approximate surface area is 244 Å². The van der Waals surface area contributed by atoms with Crippen LogP contribution in [0.25, 0.3) is 33.1 Å². The van der Waals surface area contributed by atoms with Crippen molar-refractivity contribution in [3.63, 3.8) is 0 Å². The van der Waals surface area contributed by atoms with Crippen LogP contribution in [0.2, 0.25) is 0 Å². The molecule has 0 amide bonds. The molecular formula is C38H27N3O. The Balaban J connectivity index is 1.16. The fraction of sp³-hybridized carbons (Fsp3) is 0.0263. The van der Waals surface area contributed by atoms with Crippen LogP contribution in [-0.2, 0) is 0 Å². The molecule has 1 aliphatic heterocycles. The van der Waals surface area contributed by atoms with Crippen molar-refractivity contribution in [1.82, 2.24) is 5.32 Å². The van der Waals surface area contributed by atoms with E-state index in [4.69, 9.17) is 9.41 Å². The number of nitrogens with one attached hydrogen (secondary N) is 2. The fourth-order valence-electron chi connectivity index (χ4n) is 5.86. The van der Waals surface area contributed by atoms with Crippen molar-refractivity contribution in [3.8, 4) is 11.1 Å². The van der Waals surface area contributed by atoms with Crippen molar-refractivity contribution >= 4 is 44.8 Å².